The third kappa shape index (κ3) is 3.78. The second-order valence-corrected chi connectivity index (χ2v) is 5.74. The second-order valence-electron chi connectivity index (χ2n) is 4.88. The summed E-state index contributed by atoms with van der Waals surface area (Å²) in [7, 11) is 0. The molecule has 6 heteroatoms. The van der Waals surface area contributed by atoms with E-state index in [2.05, 4.69) is 15.3 Å². The minimum absolute atomic E-state index is 0.255. The van der Waals surface area contributed by atoms with Crippen LogP contribution in [0.4, 0.5) is 4.39 Å². The van der Waals surface area contributed by atoms with E-state index in [9.17, 15) is 9.18 Å². The summed E-state index contributed by atoms with van der Waals surface area (Å²) in [5.74, 6) is -0.512. The Morgan fingerprint density at radius 3 is 2.87 bits per heavy atom. The maximum absolute atomic E-state index is 13.5. The number of rotatable bonds is 5. The summed E-state index contributed by atoms with van der Waals surface area (Å²) in [6, 6.07) is 10.3. The Morgan fingerprint density at radius 1 is 1.22 bits per heavy atom. The Kier molecular flexibility index (Phi) is 4.73. The molecule has 1 aromatic carbocycles. The summed E-state index contributed by atoms with van der Waals surface area (Å²) in [4.78, 5) is 20.4. The number of aromatic nitrogens is 2. The van der Waals surface area contributed by atoms with Gasteiger partial charge in [0.05, 0.1) is 0 Å². The molecule has 0 bridgehead atoms. The molecule has 0 aliphatic carbocycles. The molecule has 0 atom stereocenters. The summed E-state index contributed by atoms with van der Waals surface area (Å²) >= 11 is 1.39. The molecule has 0 saturated heterocycles. The number of nitrogens with zero attached hydrogens (tertiary/aromatic N) is 2. The quantitative estimate of drug-likeness (QED) is 0.782. The summed E-state index contributed by atoms with van der Waals surface area (Å²) in [5, 5.41) is 5.22. The number of carbonyl (C=O) groups is 1. The minimum Gasteiger partial charge on any atom is -0.350 e. The Hall–Kier alpha value is -2.60. The van der Waals surface area contributed by atoms with Crippen LogP contribution in [0.1, 0.15) is 16.1 Å². The molecule has 1 amide bonds. The van der Waals surface area contributed by atoms with Gasteiger partial charge in [0.1, 0.15) is 16.5 Å². The van der Waals surface area contributed by atoms with Gasteiger partial charge in [0.25, 0.3) is 5.91 Å². The number of thiazole rings is 1. The Bertz CT molecular complexity index is 804. The fraction of sp³-hybridized carbons (Fsp3) is 0.118. The molecule has 0 radical (unpaired) electrons. The monoisotopic (exact) mass is 327 g/mol. The predicted octanol–water partition coefficient (Wildman–Crippen LogP) is 3.32. The number of nitrogens with one attached hydrogen (secondary N) is 1. The van der Waals surface area contributed by atoms with Crippen molar-refractivity contribution in [1.82, 2.24) is 15.3 Å². The van der Waals surface area contributed by atoms with Crippen LogP contribution in [0.2, 0.25) is 0 Å². The van der Waals surface area contributed by atoms with Crippen LogP contribution in [-0.4, -0.2) is 22.4 Å². The van der Waals surface area contributed by atoms with Crippen molar-refractivity contribution in [2.24, 2.45) is 0 Å². The molecule has 0 spiro atoms. The molecule has 1 N–H and O–H groups in total. The first kappa shape index (κ1) is 15.3. The summed E-state index contributed by atoms with van der Waals surface area (Å²) < 4.78 is 13.5. The first-order chi connectivity index (χ1) is 11.2. The molecule has 0 aliphatic rings. The van der Waals surface area contributed by atoms with Gasteiger partial charge in [-0.25, -0.2) is 9.37 Å². The second kappa shape index (κ2) is 7.11. The number of benzene rings is 1. The van der Waals surface area contributed by atoms with Crippen LogP contribution in [0.15, 0.2) is 54.2 Å². The smallest absolute Gasteiger partial charge is 0.270 e. The third-order valence-electron chi connectivity index (χ3n) is 3.28. The SMILES string of the molecule is O=C(NCCc1ccccc1F)c1csc(-c2cccnc2)n1. The first-order valence-electron chi connectivity index (χ1n) is 7.11. The van der Waals surface area contributed by atoms with Crippen molar-refractivity contribution >= 4 is 17.2 Å². The molecule has 3 aromatic rings. The topological polar surface area (TPSA) is 54.9 Å². The summed E-state index contributed by atoms with van der Waals surface area (Å²) in [5.41, 5.74) is 1.83. The van der Waals surface area contributed by atoms with Gasteiger partial charge < -0.3 is 5.32 Å². The van der Waals surface area contributed by atoms with Crippen molar-refractivity contribution in [3.05, 3.63) is 71.2 Å². The van der Waals surface area contributed by atoms with Crippen LogP contribution < -0.4 is 5.32 Å². The highest BCUT2D eigenvalue weighted by Gasteiger charge is 2.11. The third-order valence-corrected chi connectivity index (χ3v) is 4.17. The molecule has 4 nitrogen and oxygen atoms in total. The van der Waals surface area contributed by atoms with Gasteiger partial charge in [-0.1, -0.05) is 18.2 Å². The average molecular weight is 327 g/mol. The van der Waals surface area contributed by atoms with Crippen LogP contribution in [0.25, 0.3) is 10.6 Å². The lowest BCUT2D eigenvalue weighted by atomic mass is 10.1. The zero-order chi connectivity index (χ0) is 16.1. The van der Waals surface area contributed by atoms with Crippen molar-refractivity contribution in [3.8, 4) is 10.6 Å². The largest absolute Gasteiger partial charge is 0.350 e. The van der Waals surface area contributed by atoms with E-state index < -0.39 is 0 Å². The number of carbonyl (C=O) groups excluding carboxylic acids is 1. The fourth-order valence-corrected chi connectivity index (χ4v) is 2.89. The van der Waals surface area contributed by atoms with Crippen molar-refractivity contribution in [2.75, 3.05) is 6.54 Å². The van der Waals surface area contributed by atoms with Crippen LogP contribution in [-0.2, 0) is 6.42 Å². The van der Waals surface area contributed by atoms with Crippen molar-refractivity contribution < 1.29 is 9.18 Å². The van der Waals surface area contributed by atoms with E-state index in [0.29, 0.717) is 24.2 Å². The molecule has 23 heavy (non-hydrogen) atoms. The van der Waals surface area contributed by atoms with Crippen LogP contribution in [0, 0.1) is 5.82 Å². The molecule has 2 aromatic heterocycles. The van der Waals surface area contributed by atoms with Gasteiger partial charge in [-0.3, -0.25) is 9.78 Å². The number of hydrogen-bond acceptors (Lipinski definition) is 4. The lowest BCUT2D eigenvalue weighted by Crippen LogP contribution is -2.26. The standard InChI is InChI=1S/C17H14FN3OS/c18-14-6-2-1-4-12(14)7-9-20-16(22)15-11-23-17(21-15)13-5-3-8-19-10-13/h1-6,8,10-11H,7,9H2,(H,20,22). The highest BCUT2D eigenvalue weighted by Crippen LogP contribution is 2.22. The zero-order valence-electron chi connectivity index (χ0n) is 12.2. The highest BCUT2D eigenvalue weighted by atomic mass is 32.1. The maximum atomic E-state index is 13.5. The van der Waals surface area contributed by atoms with Gasteiger partial charge in [0, 0.05) is 29.9 Å². The van der Waals surface area contributed by atoms with Crippen molar-refractivity contribution in [2.45, 2.75) is 6.42 Å². The molecular formula is C17H14FN3OS. The van der Waals surface area contributed by atoms with Crippen LogP contribution in [0.3, 0.4) is 0 Å². The maximum Gasteiger partial charge on any atom is 0.270 e. The lowest BCUT2D eigenvalue weighted by Gasteiger charge is -2.04. The number of amides is 1. The lowest BCUT2D eigenvalue weighted by molar-refractivity contribution is 0.0950. The van der Waals surface area contributed by atoms with E-state index in [4.69, 9.17) is 0 Å². The fourth-order valence-electron chi connectivity index (χ4n) is 2.10. The summed E-state index contributed by atoms with van der Waals surface area (Å²) in [6.45, 7) is 0.361. The number of halogens is 1. The van der Waals surface area contributed by atoms with Gasteiger partial charge in [0.15, 0.2) is 0 Å². The highest BCUT2D eigenvalue weighted by molar-refractivity contribution is 7.13. The average Bonchev–Trinajstić information content (AvgIpc) is 3.07. The van der Waals surface area contributed by atoms with Gasteiger partial charge >= 0.3 is 0 Å². The molecule has 0 unspecified atom stereocenters. The van der Waals surface area contributed by atoms with Crippen LogP contribution >= 0.6 is 11.3 Å². The number of hydrogen-bond donors (Lipinski definition) is 1. The predicted molar refractivity (Wildman–Crippen MR) is 87.8 cm³/mol. The van der Waals surface area contributed by atoms with Crippen molar-refractivity contribution in [1.29, 1.82) is 0 Å². The van der Waals surface area contributed by atoms with Gasteiger partial charge in [0.2, 0.25) is 0 Å². The van der Waals surface area contributed by atoms with Gasteiger partial charge in [-0.05, 0) is 30.2 Å². The van der Waals surface area contributed by atoms with E-state index in [1.54, 1.807) is 36.0 Å². The van der Waals surface area contributed by atoms with E-state index >= 15 is 0 Å². The van der Waals surface area contributed by atoms with E-state index in [-0.39, 0.29) is 11.7 Å². The molecule has 2 heterocycles. The molecular weight excluding hydrogens is 313 g/mol. The van der Waals surface area contributed by atoms with E-state index in [1.165, 1.54) is 17.4 Å². The van der Waals surface area contributed by atoms with Gasteiger partial charge in [-0.2, -0.15) is 0 Å². The zero-order valence-corrected chi connectivity index (χ0v) is 13.0. The molecule has 0 saturated carbocycles. The first-order valence-corrected chi connectivity index (χ1v) is 7.99. The molecule has 116 valence electrons. The van der Waals surface area contributed by atoms with Gasteiger partial charge in [-0.15, -0.1) is 11.3 Å². The summed E-state index contributed by atoms with van der Waals surface area (Å²) in [6.07, 6.45) is 3.84. The minimum atomic E-state index is -0.257. The number of pyridine rings is 1. The molecule has 0 aliphatic heterocycles. The van der Waals surface area contributed by atoms with E-state index in [1.807, 2.05) is 12.1 Å². The Labute approximate surface area is 137 Å². The van der Waals surface area contributed by atoms with Crippen molar-refractivity contribution in [3.63, 3.8) is 0 Å². The molecule has 0 fully saturated rings. The van der Waals surface area contributed by atoms with E-state index in [0.717, 1.165) is 10.6 Å². The van der Waals surface area contributed by atoms with Crippen LogP contribution in [0.5, 0.6) is 0 Å². The molecule has 3 rings (SSSR count). The normalized spacial score (nSPS) is 10.5. The Balaban J connectivity index is 1.59. The Morgan fingerprint density at radius 2 is 2.09 bits per heavy atom.